The number of rotatable bonds is 2. The summed E-state index contributed by atoms with van der Waals surface area (Å²) in [6, 6.07) is 0. The van der Waals surface area contributed by atoms with E-state index in [0.29, 0.717) is 5.92 Å². The van der Waals surface area contributed by atoms with Crippen molar-refractivity contribution in [2.24, 2.45) is 11.7 Å². The molecule has 1 aliphatic rings. The van der Waals surface area contributed by atoms with E-state index in [1.165, 1.54) is 19.1 Å². The highest BCUT2D eigenvalue weighted by Crippen LogP contribution is 2.33. The van der Waals surface area contributed by atoms with Gasteiger partial charge in [0.25, 0.3) is 0 Å². The van der Waals surface area contributed by atoms with Crippen LogP contribution in [0.15, 0.2) is 11.8 Å². The molecular formula is C6H10N2. The number of hydrogen-bond donors (Lipinski definition) is 2. The van der Waals surface area contributed by atoms with Crippen LogP contribution in [-0.2, 0) is 0 Å². The van der Waals surface area contributed by atoms with Gasteiger partial charge in [0, 0.05) is 11.9 Å². The third-order valence-corrected chi connectivity index (χ3v) is 1.32. The summed E-state index contributed by atoms with van der Waals surface area (Å²) in [5.41, 5.74) is 6.37. The molecule has 1 rings (SSSR count). The van der Waals surface area contributed by atoms with Gasteiger partial charge in [-0.1, -0.05) is 0 Å². The van der Waals surface area contributed by atoms with Gasteiger partial charge >= 0.3 is 0 Å². The van der Waals surface area contributed by atoms with Crippen LogP contribution < -0.4 is 5.73 Å². The van der Waals surface area contributed by atoms with Crippen molar-refractivity contribution in [3.63, 3.8) is 0 Å². The third kappa shape index (κ3) is 1.09. The monoisotopic (exact) mass is 110 g/mol. The minimum atomic E-state index is 0.608. The van der Waals surface area contributed by atoms with Crippen LogP contribution in [0.25, 0.3) is 0 Å². The molecule has 2 nitrogen and oxygen atoms in total. The Bertz CT molecular complexity index is 122. The van der Waals surface area contributed by atoms with E-state index in [-0.39, 0.29) is 0 Å². The second kappa shape index (κ2) is 1.99. The van der Waals surface area contributed by atoms with E-state index in [2.05, 4.69) is 0 Å². The van der Waals surface area contributed by atoms with Gasteiger partial charge in [0.05, 0.1) is 0 Å². The molecule has 1 fully saturated rings. The van der Waals surface area contributed by atoms with Crippen LogP contribution >= 0.6 is 0 Å². The molecular weight excluding hydrogens is 100 g/mol. The second-order valence-corrected chi connectivity index (χ2v) is 2.11. The summed E-state index contributed by atoms with van der Waals surface area (Å²) >= 11 is 0. The summed E-state index contributed by atoms with van der Waals surface area (Å²) in [5.74, 6) is 0.608. The molecule has 2 heteroatoms. The van der Waals surface area contributed by atoms with E-state index in [1.807, 2.05) is 0 Å². The number of hydrogen-bond acceptors (Lipinski definition) is 2. The van der Waals surface area contributed by atoms with E-state index in [0.717, 1.165) is 5.70 Å². The molecule has 44 valence electrons. The van der Waals surface area contributed by atoms with Crippen molar-refractivity contribution in [1.82, 2.24) is 0 Å². The van der Waals surface area contributed by atoms with Gasteiger partial charge in [0.1, 0.15) is 0 Å². The maximum Gasteiger partial charge on any atom is 0.0194 e. The van der Waals surface area contributed by atoms with Crippen LogP contribution in [0.2, 0.25) is 0 Å². The first kappa shape index (κ1) is 5.35. The molecule has 0 heterocycles. The molecule has 8 heavy (non-hydrogen) atoms. The standard InChI is InChI=1S/C6H10N2/c7-4-3-6(8)5-1-2-5/h3-5,7H,1-2,8H2. The van der Waals surface area contributed by atoms with Gasteiger partial charge in [-0.3, -0.25) is 0 Å². The Labute approximate surface area is 48.9 Å². The molecule has 0 spiro atoms. The summed E-state index contributed by atoms with van der Waals surface area (Å²) in [6.07, 6.45) is 5.34. The summed E-state index contributed by atoms with van der Waals surface area (Å²) in [7, 11) is 0. The molecule has 0 amide bonds. The zero-order valence-electron chi connectivity index (χ0n) is 4.72. The van der Waals surface area contributed by atoms with E-state index < -0.39 is 0 Å². The largest absolute Gasteiger partial charge is 0.402 e. The molecule has 0 aromatic carbocycles. The summed E-state index contributed by atoms with van der Waals surface area (Å²) in [6.45, 7) is 0. The first-order valence-corrected chi connectivity index (χ1v) is 2.80. The third-order valence-electron chi connectivity index (χ3n) is 1.32. The fourth-order valence-electron chi connectivity index (χ4n) is 0.649. The van der Waals surface area contributed by atoms with Crippen molar-refractivity contribution < 1.29 is 0 Å². The van der Waals surface area contributed by atoms with E-state index >= 15 is 0 Å². The Morgan fingerprint density at radius 3 is 2.62 bits per heavy atom. The minimum Gasteiger partial charge on any atom is -0.402 e. The summed E-state index contributed by atoms with van der Waals surface area (Å²) < 4.78 is 0. The Morgan fingerprint density at radius 2 is 2.25 bits per heavy atom. The smallest absolute Gasteiger partial charge is 0.0194 e. The summed E-state index contributed by atoms with van der Waals surface area (Å²) in [4.78, 5) is 0. The highest BCUT2D eigenvalue weighted by molar-refractivity contribution is 5.68. The topological polar surface area (TPSA) is 49.9 Å². The number of allylic oxidation sites excluding steroid dienone is 2. The molecule has 0 unspecified atom stereocenters. The zero-order valence-corrected chi connectivity index (χ0v) is 4.72. The van der Waals surface area contributed by atoms with Crippen molar-refractivity contribution in [3.8, 4) is 0 Å². The van der Waals surface area contributed by atoms with Gasteiger partial charge in [0.2, 0.25) is 0 Å². The number of nitrogens with two attached hydrogens (primary N) is 1. The predicted octanol–water partition coefficient (Wildman–Crippen LogP) is 0.889. The SMILES string of the molecule is N=CC=C(N)C1CC1. The predicted molar refractivity (Wildman–Crippen MR) is 33.8 cm³/mol. The Morgan fingerprint density at radius 1 is 1.62 bits per heavy atom. The molecule has 0 saturated heterocycles. The molecule has 0 aromatic rings. The van der Waals surface area contributed by atoms with Crippen LogP contribution in [0.3, 0.4) is 0 Å². The van der Waals surface area contributed by atoms with Gasteiger partial charge in [-0.15, -0.1) is 0 Å². The van der Waals surface area contributed by atoms with Crippen molar-refractivity contribution in [2.75, 3.05) is 0 Å². The Hall–Kier alpha value is -0.790. The lowest BCUT2D eigenvalue weighted by Crippen LogP contribution is -1.98. The summed E-state index contributed by atoms with van der Waals surface area (Å²) in [5, 5.41) is 6.67. The first-order valence-electron chi connectivity index (χ1n) is 2.80. The van der Waals surface area contributed by atoms with Crippen LogP contribution in [0.1, 0.15) is 12.8 Å². The van der Waals surface area contributed by atoms with Gasteiger partial charge < -0.3 is 11.1 Å². The van der Waals surface area contributed by atoms with E-state index in [4.69, 9.17) is 11.1 Å². The van der Waals surface area contributed by atoms with Crippen LogP contribution in [0.5, 0.6) is 0 Å². The quantitative estimate of drug-likeness (QED) is 0.509. The van der Waals surface area contributed by atoms with Crippen LogP contribution in [-0.4, -0.2) is 6.21 Å². The fraction of sp³-hybridized carbons (Fsp3) is 0.500. The Kier molecular flexibility index (Phi) is 1.33. The lowest BCUT2D eigenvalue weighted by Gasteiger charge is -1.90. The zero-order chi connectivity index (χ0) is 5.98. The highest BCUT2D eigenvalue weighted by Gasteiger charge is 2.23. The first-order chi connectivity index (χ1) is 3.84. The minimum absolute atomic E-state index is 0.608. The maximum absolute atomic E-state index is 6.67. The Balaban J connectivity index is 2.41. The normalized spacial score (nSPS) is 20.8. The van der Waals surface area contributed by atoms with E-state index in [1.54, 1.807) is 6.08 Å². The van der Waals surface area contributed by atoms with Gasteiger partial charge in [-0.05, 0) is 24.8 Å². The molecule has 3 N–H and O–H groups in total. The molecule has 1 saturated carbocycles. The lowest BCUT2D eigenvalue weighted by molar-refractivity contribution is 0.984. The van der Waals surface area contributed by atoms with Crippen LogP contribution in [0, 0.1) is 11.3 Å². The average Bonchev–Trinajstić information content (AvgIpc) is 2.45. The highest BCUT2D eigenvalue weighted by atomic mass is 14.6. The van der Waals surface area contributed by atoms with Gasteiger partial charge in [-0.25, -0.2) is 0 Å². The maximum atomic E-state index is 6.67. The van der Waals surface area contributed by atoms with Crippen molar-refractivity contribution in [1.29, 1.82) is 5.41 Å². The number of nitrogens with one attached hydrogen (secondary N) is 1. The molecule has 0 bridgehead atoms. The molecule has 0 radical (unpaired) electrons. The molecule has 0 atom stereocenters. The average molecular weight is 110 g/mol. The van der Waals surface area contributed by atoms with Crippen molar-refractivity contribution in [2.45, 2.75) is 12.8 Å². The lowest BCUT2D eigenvalue weighted by atomic mass is 10.3. The molecule has 0 aliphatic heterocycles. The molecule has 1 aliphatic carbocycles. The second-order valence-electron chi connectivity index (χ2n) is 2.11. The van der Waals surface area contributed by atoms with Crippen molar-refractivity contribution in [3.05, 3.63) is 11.8 Å². The fourth-order valence-corrected chi connectivity index (χ4v) is 0.649. The van der Waals surface area contributed by atoms with E-state index in [9.17, 15) is 0 Å². The van der Waals surface area contributed by atoms with Crippen molar-refractivity contribution >= 4 is 6.21 Å². The van der Waals surface area contributed by atoms with Gasteiger partial charge in [-0.2, -0.15) is 0 Å². The van der Waals surface area contributed by atoms with Crippen LogP contribution in [0.4, 0.5) is 0 Å². The molecule has 0 aromatic heterocycles. The van der Waals surface area contributed by atoms with Gasteiger partial charge in [0.15, 0.2) is 0 Å².